The molecule has 1 unspecified atom stereocenters. The van der Waals surface area contributed by atoms with Crippen LogP contribution in [0.1, 0.15) is 60.6 Å². The fourth-order valence-corrected chi connectivity index (χ4v) is 4.89. The number of rotatable bonds is 8. The zero-order valence-electron chi connectivity index (χ0n) is 20.3. The van der Waals surface area contributed by atoms with Crippen molar-refractivity contribution in [3.63, 3.8) is 0 Å². The number of likely N-dealkylation sites (tertiary alicyclic amines) is 1. The third-order valence-corrected chi connectivity index (χ3v) is 6.71. The molecule has 0 bridgehead atoms. The lowest BCUT2D eigenvalue weighted by Gasteiger charge is -2.28. The molecule has 1 aliphatic rings. The maximum atomic E-state index is 14.3. The number of carbonyl (C=O) groups is 1. The quantitative estimate of drug-likeness (QED) is 0.459. The molecular formula is C28H32FN3O3. The van der Waals surface area contributed by atoms with E-state index in [-0.39, 0.29) is 23.0 Å². The van der Waals surface area contributed by atoms with Crippen LogP contribution in [0.5, 0.6) is 5.75 Å². The van der Waals surface area contributed by atoms with E-state index in [0.29, 0.717) is 49.4 Å². The third kappa shape index (κ3) is 4.94. The summed E-state index contributed by atoms with van der Waals surface area (Å²) in [5, 5.41) is 11.4. The van der Waals surface area contributed by atoms with Gasteiger partial charge in [-0.1, -0.05) is 49.7 Å². The Morgan fingerprint density at radius 3 is 2.54 bits per heavy atom. The van der Waals surface area contributed by atoms with Crippen molar-refractivity contribution in [2.24, 2.45) is 0 Å². The van der Waals surface area contributed by atoms with Gasteiger partial charge in [-0.25, -0.2) is 4.39 Å². The van der Waals surface area contributed by atoms with Crippen LogP contribution in [0.3, 0.4) is 0 Å². The molecule has 2 N–H and O–H groups in total. The number of aromatic amines is 1. The number of unbranched alkanes of at least 4 members (excludes halogenated alkanes) is 1. The number of anilines is 2. The van der Waals surface area contributed by atoms with E-state index < -0.39 is 11.5 Å². The molecule has 1 atom stereocenters. The summed E-state index contributed by atoms with van der Waals surface area (Å²) < 4.78 is 14.3. The Bertz CT molecular complexity index is 1240. The molecule has 0 radical (unpaired) electrons. The van der Waals surface area contributed by atoms with Gasteiger partial charge in [0, 0.05) is 36.9 Å². The van der Waals surface area contributed by atoms with Crippen LogP contribution in [0.4, 0.5) is 15.8 Å². The van der Waals surface area contributed by atoms with Gasteiger partial charge in [0.1, 0.15) is 17.1 Å². The molecule has 35 heavy (non-hydrogen) atoms. The minimum absolute atomic E-state index is 0.152. The fourth-order valence-electron chi connectivity index (χ4n) is 4.89. The molecule has 4 rings (SSSR count). The molecule has 1 saturated heterocycles. The van der Waals surface area contributed by atoms with Crippen molar-refractivity contribution in [2.75, 3.05) is 24.5 Å². The Hall–Kier alpha value is -3.61. The number of benzene rings is 2. The van der Waals surface area contributed by atoms with E-state index in [1.807, 2.05) is 42.2 Å². The first-order valence-corrected chi connectivity index (χ1v) is 12.3. The number of aromatic hydroxyl groups is 1. The summed E-state index contributed by atoms with van der Waals surface area (Å²) >= 11 is 0. The number of amides is 1. The minimum Gasteiger partial charge on any atom is -0.505 e. The largest absolute Gasteiger partial charge is 0.505 e. The Morgan fingerprint density at radius 1 is 1.14 bits per heavy atom. The highest BCUT2D eigenvalue weighted by molar-refractivity contribution is 5.99. The molecule has 7 heteroatoms. The Kier molecular flexibility index (Phi) is 7.54. The number of hydrogen-bond acceptors (Lipinski definition) is 4. The van der Waals surface area contributed by atoms with Crippen LogP contribution in [-0.4, -0.2) is 40.5 Å². The maximum absolute atomic E-state index is 14.3. The van der Waals surface area contributed by atoms with E-state index in [1.165, 1.54) is 11.0 Å². The molecule has 1 aliphatic heterocycles. The van der Waals surface area contributed by atoms with Crippen LogP contribution in [0.2, 0.25) is 0 Å². The Balaban J connectivity index is 1.72. The van der Waals surface area contributed by atoms with Gasteiger partial charge in [-0.2, -0.15) is 0 Å². The molecular weight excluding hydrogens is 445 g/mol. The molecule has 1 amide bonds. The van der Waals surface area contributed by atoms with Crippen LogP contribution in [-0.2, 0) is 6.42 Å². The SMILES string of the molecule is CCCCc1[nH]c(=O)c(C(=O)N2CCC(c3ccccc3F)C2)c(O)c1N(CC)c1ccccc1. The molecule has 2 aromatic carbocycles. The first kappa shape index (κ1) is 24.5. The smallest absolute Gasteiger partial charge is 0.264 e. The summed E-state index contributed by atoms with van der Waals surface area (Å²) in [4.78, 5) is 32.9. The second-order valence-corrected chi connectivity index (χ2v) is 8.95. The number of carbonyl (C=O) groups excluding carboxylic acids is 1. The van der Waals surface area contributed by atoms with Gasteiger partial charge in [0.25, 0.3) is 11.5 Å². The number of nitrogens with zero attached hydrogens (tertiary/aromatic N) is 2. The molecule has 3 aromatic rings. The van der Waals surface area contributed by atoms with Gasteiger partial charge in [-0.15, -0.1) is 0 Å². The van der Waals surface area contributed by atoms with E-state index in [4.69, 9.17) is 0 Å². The van der Waals surface area contributed by atoms with Crippen LogP contribution < -0.4 is 10.5 Å². The maximum Gasteiger partial charge on any atom is 0.264 e. The monoisotopic (exact) mass is 477 g/mol. The van der Waals surface area contributed by atoms with Crippen molar-refractivity contribution in [1.82, 2.24) is 9.88 Å². The van der Waals surface area contributed by atoms with Crippen molar-refractivity contribution in [3.8, 4) is 5.75 Å². The molecule has 0 saturated carbocycles. The van der Waals surface area contributed by atoms with Crippen LogP contribution >= 0.6 is 0 Å². The van der Waals surface area contributed by atoms with Crippen molar-refractivity contribution < 1.29 is 14.3 Å². The van der Waals surface area contributed by atoms with Crippen molar-refractivity contribution >= 4 is 17.3 Å². The highest BCUT2D eigenvalue weighted by Crippen LogP contribution is 2.38. The number of H-pyrrole nitrogens is 1. The number of hydrogen-bond donors (Lipinski definition) is 2. The van der Waals surface area contributed by atoms with Crippen molar-refractivity contribution in [2.45, 2.75) is 45.4 Å². The predicted octanol–water partition coefficient (Wildman–Crippen LogP) is 5.35. The van der Waals surface area contributed by atoms with Crippen molar-refractivity contribution in [1.29, 1.82) is 0 Å². The molecule has 0 spiro atoms. The first-order chi connectivity index (χ1) is 17.0. The van der Waals surface area contributed by atoms with Gasteiger partial charge < -0.3 is 19.9 Å². The fraction of sp³-hybridized carbons (Fsp3) is 0.357. The minimum atomic E-state index is -0.596. The van der Waals surface area contributed by atoms with Crippen molar-refractivity contribution in [3.05, 3.63) is 87.6 Å². The lowest BCUT2D eigenvalue weighted by molar-refractivity contribution is 0.0785. The van der Waals surface area contributed by atoms with Gasteiger partial charge in [0.2, 0.25) is 0 Å². The second-order valence-electron chi connectivity index (χ2n) is 8.95. The number of pyridine rings is 1. The Labute approximate surface area is 205 Å². The molecule has 1 aromatic heterocycles. The van der Waals surface area contributed by atoms with E-state index >= 15 is 0 Å². The zero-order valence-corrected chi connectivity index (χ0v) is 20.3. The summed E-state index contributed by atoms with van der Waals surface area (Å²) in [6.07, 6.45) is 2.92. The number of nitrogens with one attached hydrogen (secondary N) is 1. The zero-order chi connectivity index (χ0) is 24.9. The van der Waals surface area contributed by atoms with E-state index in [9.17, 15) is 19.1 Å². The molecule has 184 valence electrons. The topological polar surface area (TPSA) is 76.6 Å². The molecule has 6 nitrogen and oxygen atoms in total. The number of aromatic nitrogens is 1. The normalized spacial score (nSPS) is 15.4. The highest BCUT2D eigenvalue weighted by atomic mass is 19.1. The van der Waals surface area contributed by atoms with Gasteiger partial charge >= 0.3 is 0 Å². The average Bonchev–Trinajstić information content (AvgIpc) is 3.35. The van der Waals surface area contributed by atoms with Gasteiger partial charge in [-0.05, 0) is 49.9 Å². The highest BCUT2D eigenvalue weighted by Gasteiger charge is 2.34. The standard InChI is InChI=1S/C28H32FN3O3/c1-3-5-15-23-25(32(4-2)20-11-7-6-8-12-20)26(33)24(27(34)30-23)28(35)31-17-16-19(18-31)21-13-9-10-14-22(21)29/h6-14,19H,3-5,15-18H2,1-2H3,(H2,30,33,34). The lowest BCUT2D eigenvalue weighted by atomic mass is 9.98. The van der Waals surface area contributed by atoms with Gasteiger partial charge in [0.05, 0.1) is 0 Å². The average molecular weight is 478 g/mol. The summed E-state index contributed by atoms with van der Waals surface area (Å²) in [5.41, 5.74) is 1.64. The van der Waals surface area contributed by atoms with Crippen LogP contribution in [0, 0.1) is 5.82 Å². The van der Waals surface area contributed by atoms with Crippen LogP contribution in [0.25, 0.3) is 0 Å². The third-order valence-electron chi connectivity index (χ3n) is 6.71. The van der Waals surface area contributed by atoms with E-state index in [1.54, 1.807) is 18.2 Å². The number of halogens is 1. The summed E-state index contributed by atoms with van der Waals surface area (Å²) in [6, 6.07) is 16.2. The van der Waals surface area contributed by atoms with Gasteiger partial charge in [-0.3, -0.25) is 9.59 Å². The van der Waals surface area contributed by atoms with E-state index in [2.05, 4.69) is 11.9 Å². The second kappa shape index (κ2) is 10.8. The first-order valence-electron chi connectivity index (χ1n) is 12.3. The lowest BCUT2D eigenvalue weighted by Crippen LogP contribution is -2.34. The van der Waals surface area contributed by atoms with E-state index in [0.717, 1.165) is 18.5 Å². The summed E-state index contributed by atoms with van der Waals surface area (Å²) in [7, 11) is 0. The number of para-hydroxylation sites is 1. The van der Waals surface area contributed by atoms with Crippen LogP contribution in [0.15, 0.2) is 59.4 Å². The molecule has 2 heterocycles. The number of aryl methyl sites for hydroxylation is 1. The molecule has 0 aliphatic carbocycles. The predicted molar refractivity (Wildman–Crippen MR) is 136 cm³/mol. The summed E-state index contributed by atoms with van der Waals surface area (Å²) in [5.74, 6) is -1.28. The summed E-state index contributed by atoms with van der Waals surface area (Å²) in [6.45, 7) is 5.24. The Morgan fingerprint density at radius 2 is 1.86 bits per heavy atom. The van der Waals surface area contributed by atoms with Gasteiger partial charge in [0.15, 0.2) is 5.75 Å². The molecule has 1 fully saturated rings.